The van der Waals surface area contributed by atoms with Crippen LogP contribution in [-0.2, 0) is 0 Å². The van der Waals surface area contributed by atoms with Crippen molar-refractivity contribution in [2.75, 3.05) is 0 Å². The molecule has 0 aliphatic rings. The molecule has 11 aromatic rings. The second-order valence-electron chi connectivity index (χ2n) is 15.2. The monoisotopic (exact) mass is 812 g/mol. The smallest absolute Gasteiger partial charge is 0.164 e. The minimum atomic E-state index is -1.77. The van der Waals surface area contributed by atoms with E-state index in [2.05, 4.69) is 187 Å². The summed E-state index contributed by atoms with van der Waals surface area (Å²) in [6.07, 6.45) is 0. The lowest BCUT2D eigenvalue weighted by molar-refractivity contribution is 1.07. The Morgan fingerprint density at radius 2 is 0.694 bits per heavy atom. The standard InChI is InChI=1S/C57H40N4S/c1-6-19-42(20-7-1)55-58-56(43-21-8-2-9-22-43)60-57(59-55)45-23-18-24-46(39-45)61-53-32-17-16-31-51(53)52-40-44(35-38-54(52)61)41-33-36-50(37-34-41)62(47-25-10-3-11-26-47,48-27-12-4-13-28-48)49-29-14-5-15-30-49/h1-40H. The third kappa shape index (κ3) is 6.56. The molecule has 11 rings (SSSR count). The molecule has 0 saturated carbocycles. The van der Waals surface area contributed by atoms with Crippen LogP contribution < -0.4 is 0 Å². The van der Waals surface area contributed by atoms with Crippen molar-refractivity contribution >= 4 is 31.8 Å². The average Bonchev–Trinajstić information content (AvgIpc) is 3.70. The zero-order valence-corrected chi connectivity index (χ0v) is 34.6. The lowest BCUT2D eigenvalue weighted by atomic mass is 10.0. The summed E-state index contributed by atoms with van der Waals surface area (Å²) in [5, 5.41) is 2.40. The highest BCUT2D eigenvalue weighted by Gasteiger charge is 2.33. The van der Waals surface area contributed by atoms with Crippen molar-refractivity contribution in [2.45, 2.75) is 19.6 Å². The van der Waals surface area contributed by atoms with Crippen LogP contribution in [0, 0.1) is 0 Å². The summed E-state index contributed by atoms with van der Waals surface area (Å²) in [5.41, 5.74) is 8.47. The molecule has 294 valence electrons. The van der Waals surface area contributed by atoms with Gasteiger partial charge in [0.15, 0.2) is 17.5 Å². The molecule has 0 atom stereocenters. The number of rotatable bonds is 9. The van der Waals surface area contributed by atoms with Gasteiger partial charge in [-0.05, 0) is 90.0 Å². The van der Waals surface area contributed by atoms with Crippen LogP contribution in [0.1, 0.15) is 0 Å². The largest absolute Gasteiger partial charge is 0.309 e. The third-order valence-electron chi connectivity index (χ3n) is 11.6. The predicted octanol–water partition coefficient (Wildman–Crippen LogP) is 15.0. The molecule has 0 unspecified atom stereocenters. The van der Waals surface area contributed by atoms with Crippen LogP contribution >= 0.6 is 10.0 Å². The predicted molar refractivity (Wildman–Crippen MR) is 256 cm³/mol. The Balaban J connectivity index is 1.01. The molecule has 9 aromatic carbocycles. The van der Waals surface area contributed by atoms with Crippen LogP contribution in [0.25, 0.3) is 72.8 Å². The molecule has 0 amide bonds. The van der Waals surface area contributed by atoms with Gasteiger partial charge in [-0.15, -0.1) is 10.0 Å². The van der Waals surface area contributed by atoms with Gasteiger partial charge in [-0.25, -0.2) is 15.0 Å². The van der Waals surface area contributed by atoms with Gasteiger partial charge in [-0.1, -0.05) is 164 Å². The Morgan fingerprint density at radius 1 is 0.274 bits per heavy atom. The summed E-state index contributed by atoms with van der Waals surface area (Å²) in [4.78, 5) is 20.2. The molecule has 0 aliphatic heterocycles. The Bertz CT molecular complexity index is 3160. The van der Waals surface area contributed by atoms with Crippen LogP contribution in [0.2, 0.25) is 0 Å². The van der Waals surface area contributed by atoms with Crippen molar-refractivity contribution in [3.8, 4) is 51.0 Å². The van der Waals surface area contributed by atoms with E-state index in [9.17, 15) is 0 Å². The average molecular weight is 813 g/mol. The number of benzene rings is 9. The molecule has 5 heteroatoms. The molecule has 0 radical (unpaired) electrons. The number of para-hydroxylation sites is 1. The Labute approximate surface area is 362 Å². The highest BCUT2D eigenvalue weighted by atomic mass is 32.3. The quantitative estimate of drug-likeness (QED) is 0.146. The van der Waals surface area contributed by atoms with Gasteiger partial charge >= 0.3 is 0 Å². The summed E-state index contributed by atoms with van der Waals surface area (Å²) in [5.74, 6) is 1.91. The second kappa shape index (κ2) is 16.0. The Morgan fingerprint density at radius 3 is 1.24 bits per heavy atom. The molecule has 0 bridgehead atoms. The first-order valence-electron chi connectivity index (χ1n) is 20.8. The lowest BCUT2D eigenvalue weighted by Gasteiger charge is -2.42. The van der Waals surface area contributed by atoms with Crippen molar-refractivity contribution in [3.05, 3.63) is 243 Å². The van der Waals surface area contributed by atoms with Gasteiger partial charge in [-0.3, -0.25) is 0 Å². The van der Waals surface area contributed by atoms with Gasteiger partial charge < -0.3 is 4.57 Å². The molecule has 2 aromatic heterocycles. The van der Waals surface area contributed by atoms with Crippen molar-refractivity contribution in [1.29, 1.82) is 0 Å². The number of hydrogen-bond donors (Lipinski definition) is 0. The normalized spacial score (nSPS) is 11.8. The van der Waals surface area contributed by atoms with E-state index in [1.54, 1.807) is 0 Å². The second-order valence-corrected chi connectivity index (χ2v) is 18.4. The summed E-state index contributed by atoms with van der Waals surface area (Å²) < 4.78 is 2.36. The first-order chi connectivity index (χ1) is 30.7. The maximum Gasteiger partial charge on any atom is 0.164 e. The minimum Gasteiger partial charge on any atom is -0.309 e. The van der Waals surface area contributed by atoms with Crippen LogP contribution in [0.3, 0.4) is 0 Å². The summed E-state index contributed by atoms with van der Waals surface area (Å²) >= 11 is 0. The SMILES string of the molecule is c1ccc(-c2nc(-c3ccccc3)nc(-c3cccc(-n4c5ccccc5c5cc(-c6ccc(S(c7ccccc7)(c7ccccc7)c7ccccc7)cc6)ccc54)c3)n2)cc1. The van der Waals surface area contributed by atoms with Crippen molar-refractivity contribution in [3.63, 3.8) is 0 Å². The molecule has 2 heterocycles. The van der Waals surface area contributed by atoms with E-state index in [0.29, 0.717) is 17.5 Å². The van der Waals surface area contributed by atoms with Gasteiger partial charge in [0, 0.05) is 52.7 Å². The molecule has 0 aliphatic carbocycles. The van der Waals surface area contributed by atoms with E-state index in [-0.39, 0.29) is 0 Å². The van der Waals surface area contributed by atoms with Crippen LogP contribution in [-0.4, -0.2) is 19.5 Å². The van der Waals surface area contributed by atoms with E-state index in [0.717, 1.165) is 33.4 Å². The minimum absolute atomic E-state index is 0.628. The summed E-state index contributed by atoms with van der Waals surface area (Å²) in [7, 11) is -1.77. The molecule has 0 saturated heterocycles. The zero-order chi connectivity index (χ0) is 41.3. The fraction of sp³-hybridized carbons (Fsp3) is 0. The van der Waals surface area contributed by atoms with Crippen LogP contribution in [0.4, 0.5) is 0 Å². The maximum absolute atomic E-state index is 5.03. The fourth-order valence-corrected chi connectivity index (χ4v) is 12.6. The summed E-state index contributed by atoms with van der Waals surface area (Å²) in [6.45, 7) is 0. The first-order valence-corrected chi connectivity index (χ1v) is 22.5. The van der Waals surface area contributed by atoms with E-state index >= 15 is 0 Å². The Hall–Kier alpha value is -7.86. The molecule has 0 spiro atoms. The van der Waals surface area contributed by atoms with E-state index < -0.39 is 10.0 Å². The van der Waals surface area contributed by atoms with Crippen LogP contribution in [0.15, 0.2) is 262 Å². The molecular formula is C57H40N4S. The molecule has 0 N–H and O–H groups in total. The number of nitrogens with zero attached hydrogens (tertiary/aromatic N) is 4. The topological polar surface area (TPSA) is 43.6 Å². The number of fused-ring (bicyclic) bond motifs is 3. The Kier molecular flexibility index (Phi) is 9.57. The first kappa shape index (κ1) is 37.2. The molecular weight excluding hydrogens is 773 g/mol. The van der Waals surface area contributed by atoms with Crippen molar-refractivity contribution in [2.24, 2.45) is 0 Å². The third-order valence-corrected chi connectivity index (χ3v) is 15.5. The molecule has 0 fully saturated rings. The summed E-state index contributed by atoms with van der Waals surface area (Å²) in [6, 6.07) is 86.7. The van der Waals surface area contributed by atoms with Crippen molar-refractivity contribution in [1.82, 2.24) is 19.5 Å². The van der Waals surface area contributed by atoms with E-state index in [1.807, 2.05) is 60.7 Å². The van der Waals surface area contributed by atoms with Crippen molar-refractivity contribution < 1.29 is 0 Å². The van der Waals surface area contributed by atoms with Crippen LogP contribution in [0.5, 0.6) is 0 Å². The fourth-order valence-electron chi connectivity index (χ4n) is 8.69. The number of hydrogen-bond acceptors (Lipinski definition) is 3. The van der Waals surface area contributed by atoms with Gasteiger partial charge in [0.25, 0.3) is 0 Å². The van der Waals surface area contributed by atoms with Gasteiger partial charge in [0.05, 0.1) is 11.0 Å². The highest BCUT2D eigenvalue weighted by Crippen LogP contribution is 2.73. The highest BCUT2D eigenvalue weighted by molar-refractivity contribution is 8.34. The zero-order valence-electron chi connectivity index (χ0n) is 33.8. The maximum atomic E-state index is 5.03. The molecule has 62 heavy (non-hydrogen) atoms. The van der Waals surface area contributed by atoms with Gasteiger partial charge in [0.1, 0.15) is 0 Å². The molecule has 4 nitrogen and oxygen atoms in total. The van der Waals surface area contributed by atoms with Gasteiger partial charge in [0.2, 0.25) is 0 Å². The van der Waals surface area contributed by atoms with E-state index in [4.69, 9.17) is 15.0 Å². The van der Waals surface area contributed by atoms with E-state index in [1.165, 1.54) is 41.5 Å². The number of aromatic nitrogens is 4. The van der Waals surface area contributed by atoms with Gasteiger partial charge in [-0.2, -0.15) is 0 Å². The lowest BCUT2D eigenvalue weighted by Crippen LogP contribution is -2.05.